The molecule has 14 rings (SSSR count). The lowest BCUT2D eigenvalue weighted by molar-refractivity contribution is 0.412. The van der Waals surface area contributed by atoms with Gasteiger partial charge in [0, 0.05) is 37.8 Å². The van der Waals surface area contributed by atoms with Crippen LogP contribution in [0.15, 0.2) is 243 Å². The van der Waals surface area contributed by atoms with E-state index in [9.17, 15) is 15.3 Å². The van der Waals surface area contributed by atoms with Crippen molar-refractivity contribution in [2.75, 3.05) is 0 Å². The normalized spacial score (nSPS) is 12.2. The van der Waals surface area contributed by atoms with E-state index in [1.54, 1.807) is 0 Å². The zero-order chi connectivity index (χ0) is 54.6. The third-order valence-corrected chi connectivity index (χ3v) is 17.7. The van der Waals surface area contributed by atoms with Crippen molar-refractivity contribution >= 4 is 64.6 Å². The van der Waals surface area contributed by atoms with Gasteiger partial charge in [-0.3, -0.25) is 0 Å². The molecule has 3 heteroatoms. The first-order chi connectivity index (χ1) is 38.9. The Hall–Kier alpha value is -9.70. The minimum Gasteiger partial charge on any atom is -0.507 e. The summed E-state index contributed by atoms with van der Waals surface area (Å²) in [5.74, 6) is -0.230. The van der Waals surface area contributed by atoms with E-state index in [2.05, 4.69) is 240 Å². The molecule has 0 atom stereocenters. The number of phenols is 3. The van der Waals surface area contributed by atoms with Crippen LogP contribution < -0.4 is 0 Å². The smallest absolute Gasteiger partial charge is 0.166 e. The number of phenolic OH excluding ortho intramolecular Hbond substituents is 3. The van der Waals surface area contributed by atoms with Gasteiger partial charge in [-0.15, -0.1) is 0 Å². The van der Waals surface area contributed by atoms with Gasteiger partial charge in [0.2, 0.25) is 0 Å². The maximum atomic E-state index is 12.4. The van der Waals surface area contributed by atoms with Crippen LogP contribution in [0.25, 0.3) is 120 Å². The molecule has 0 spiro atoms. The molecular formula is C77H58O3. The fourth-order valence-corrected chi connectivity index (χ4v) is 13.2. The lowest BCUT2D eigenvalue weighted by atomic mass is 9.74. The zero-order valence-electron chi connectivity index (χ0n) is 45.4. The zero-order valence-corrected chi connectivity index (χ0v) is 45.4. The summed E-state index contributed by atoms with van der Waals surface area (Å²) in [6.45, 7) is 10.9. The van der Waals surface area contributed by atoms with Crippen LogP contribution in [0.3, 0.4) is 0 Å². The highest BCUT2D eigenvalue weighted by atomic mass is 16.3. The van der Waals surface area contributed by atoms with Crippen molar-refractivity contribution in [3.63, 3.8) is 0 Å². The van der Waals surface area contributed by atoms with Crippen LogP contribution in [-0.2, 0) is 10.8 Å². The molecule has 0 aliphatic carbocycles. The second kappa shape index (κ2) is 18.5. The predicted molar refractivity (Wildman–Crippen MR) is 337 cm³/mol. The van der Waals surface area contributed by atoms with Crippen LogP contribution >= 0.6 is 0 Å². The minimum absolute atomic E-state index is 0.158. The van der Waals surface area contributed by atoms with Gasteiger partial charge in [-0.1, -0.05) is 234 Å². The number of hydrogen-bond acceptors (Lipinski definition) is 3. The number of aryl methyl sites for hydroxylation is 1. The van der Waals surface area contributed by atoms with Gasteiger partial charge in [0.1, 0.15) is 5.75 Å². The molecule has 0 saturated heterocycles. The number of rotatable bonds is 9. The lowest BCUT2D eigenvalue weighted by Crippen LogP contribution is -2.18. The highest BCUT2D eigenvalue weighted by Gasteiger charge is 2.32. The SMILES string of the molecule is Cc1c(O)c2cc(C(C)(C)c3ccccc3)cc3c(O)c(O)c4cc(-c5ccc6c7ccc(C(C)(C)c8ccccc8)cc7c7c(-c8ccccc8)c(-c8ccccc8)c(-c8ccccc8)c(-c8ccccc8)c7c6c5)cc1c4c23. The largest absolute Gasteiger partial charge is 0.507 e. The molecule has 0 saturated carbocycles. The van der Waals surface area contributed by atoms with Crippen molar-refractivity contribution in [2.24, 2.45) is 0 Å². The molecule has 0 heterocycles. The summed E-state index contributed by atoms with van der Waals surface area (Å²) in [7, 11) is 0. The molecule has 0 amide bonds. The van der Waals surface area contributed by atoms with Crippen molar-refractivity contribution in [2.45, 2.75) is 45.4 Å². The Balaban J connectivity index is 1.14. The first kappa shape index (κ1) is 48.7. The van der Waals surface area contributed by atoms with Crippen molar-refractivity contribution in [3.05, 3.63) is 270 Å². The molecule has 80 heavy (non-hydrogen) atoms. The van der Waals surface area contributed by atoms with Crippen LogP contribution in [-0.4, -0.2) is 15.3 Å². The van der Waals surface area contributed by atoms with E-state index in [4.69, 9.17) is 0 Å². The van der Waals surface area contributed by atoms with E-state index in [1.807, 2.05) is 37.3 Å². The fourth-order valence-electron chi connectivity index (χ4n) is 13.2. The van der Waals surface area contributed by atoms with E-state index in [-0.39, 0.29) is 22.7 Å². The van der Waals surface area contributed by atoms with Gasteiger partial charge in [0.05, 0.1) is 0 Å². The van der Waals surface area contributed by atoms with Crippen LogP contribution in [0.4, 0.5) is 0 Å². The van der Waals surface area contributed by atoms with E-state index < -0.39 is 5.41 Å². The Morgan fingerprint density at radius 1 is 0.237 bits per heavy atom. The van der Waals surface area contributed by atoms with E-state index in [0.29, 0.717) is 21.7 Å². The van der Waals surface area contributed by atoms with Gasteiger partial charge in [-0.25, -0.2) is 0 Å². The molecule has 14 aromatic carbocycles. The second-order valence-electron chi connectivity index (χ2n) is 22.8. The summed E-state index contributed by atoms with van der Waals surface area (Å²) < 4.78 is 0. The second-order valence-corrected chi connectivity index (χ2v) is 22.8. The lowest BCUT2D eigenvalue weighted by Gasteiger charge is -2.29. The fraction of sp³-hybridized carbons (Fsp3) is 0.0909. The average Bonchev–Trinajstić information content (AvgIpc) is 3.63. The molecule has 14 aromatic rings. The van der Waals surface area contributed by atoms with Gasteiger partial charge in [-0.05, 0) is 164 Å². The molecule has 0 radical (unpaired) electrons. The quantitative estimate of drug-likeness (QED) is 0.0997. The Bertz CT molecular complexity index is 4660. The first-order valence-corrected chi connectivity index (χ1v) is 27.7. The molecule has 384 valence electrons. The Labute approximate surface area is 466 Å². The highest BCUT2D eigenvalue weighted by Crippen LogP contribution is 2.57. The Morgan fingerprint density at radius 3 is 1.05 bits per heavy atom. The molecule has 0 aromatic heterocycles. The summed E-state index contributed by atoms with van der Waals surface area (Å²) in [5.41, 5.74) is 15.2. The van der Waals surface area contributed by atoms with E-state index in [0.717, 1.165) is 110 Å². The monoisotopic (exact) mass is 1030 g/mol. The molecule has 0 fully saturated rings. The predicted octanol–water partition coefficient (Wildman–Crippen LogP) is 20.5. The first-order valence-electron chi connectivity index (χ1n) is 27.7. The maximum absolute atomic E-state index is 12.4. The van der Waals surface area contributed by atoms with Crippen molar-refractivity contribution in [1.82, 2.24) is 0 Å². The van der Waals surface area contributed by atoms with Crippen molar-refractivity contribution in [1.29, 1.82) is 0 Å². The maximum Gasteiger partial charge on any atom is 0.166 e. The van der Waals surface area contributed by atoms with E-state index in [1.165, 1.54) is 16.5 Å². The molecule has 3 nitrogen and oxygen atoms in total. The number of benzene rings is 14. The standard InChI is InChI=1S/C77H58O3/c1-46-59-41-52(42-62-69(59)70-63(73(46)78)44-56(45-64(70)75(80)74(62)79)77(4,5)54-34-22-11-23-35-54)51-36-38-57-58-39-37-55(76(2,3)53-32-20-10-21-33-53)43-61(58)72-68(50-30-18-9-19-31-50)66(48-26-14-7-15-27-48)65(47-24-12-6-13-25-47)67(71(72)60(57)40-51)49-28-16-8-17-29-49/h6-45,78-80H,1-5H3. The number of hydrogen-bond donors (Lipinski definition) is 3. The molecule has 3 N–H and O–H groups in total. The third kappa shape index (κ3) is 7.41. The summed E-state index contributed by atoms with van der Waals surface area (Å²) in [5, 5.41) is 47.7. The Morgan fingerprint density at radius 2 is 0.575 bits per heavy atom. The van der Waals surface area contributed by atoms with Gasteiger partial charge in [0.25, 0.3) is 0 Å². The van der Waals surface area contributed by atoms with Gasteiger partial charge >= 0.3 is 0 Å². The molecular weight excluding hydrogens is 973 g/mol. The Kier molecular flexibility index (Phi) is 11.2. The summed E-state index contributed by atoms with van der Waals surface area (Å²) in [4.78, 5) is 0. The van der Waals surface area contributed by atoms with Crippen LogP contribution in [0.2, 0.25) is 0 Å². The molecule has 0 unspecified atom stereocenters. The summed E-state index contributed by atoms with van der Waals surface area (Å²) >= 11 is 0. The van der Waals surface area contributed by atoms with Gasteiger partial charge in [0.15, 0.2) is 11.5 Å². The summed E-state index contributed by atoms with van der Waals surface area (Å²) in [6, 6.07) is 86.8. The number of fused-ring (bicyclic) bond motifs is 6. The van der Waals surface area contributed by atoms with Crippen LogP contribution in [0, 0.1) is 6.92 Å². The van der Waals surface area contributed by atoms with Crippen molar-refractivity contribution in [3.8, 4) is 72.9 Å². The third-order valence-electron chi connectivity index (χ3n) is 17.7. The molecule has 0 aliphatic rings. The van der Waals surface area contributed by atoms with Gasteiger partial charge < -0.3 is 15.3 Å². The topological polar surface area (TPSA) is 60.7 Å². The van der Waals surface area contributed by atoms with Crippen molar-refractivity contribution < 1.29 is 15.3 Å². The summed E-state index contributed by atoms with van der Waals surface area (Å²) in [6.07, 6.45) is 0. The van der Waals surface area contributed by atoms with Crippen LogP contribution in [0.5, 0.6) is 17.2 Å². The average molecular weight is 1030 g/mol. The molecule has 0 bridgehead atoms. The minimum atomic E-state index is -0.471. The highest BCUT2D eigenvalue weighted by molar-refractivity contribution is 6.36. The molecule has 0 aliphatic heterocycles. The van der Waals surface area contributed by atoms with E-state index >= 15 is 0 Å². The van der Waals surface area contributed by atoms with Gasteiger partial charge in [-0.2, -0.15) is 0 Å². The van der Waals surface area contributed by atoms with Crippen LogP contribution in [0.1, 0.15) is 55.5 Å². The number of aromatic hydroxyl groups is 3.